The molecule has 0 aliphatic heterocycles. The minimum Gasteiger partial charge on any atom is -0.309 e. The van der Waals surface area contributed by atoms with Gasteiger partial charge in [0.25, 0.3) is 0 Å². The molecule has 0 saturated carbocycles. The second kappa shape index (κ2) is 12.6. The molecule has 9 aromatic rings. The average molecular weight is 655 g/mol. The molecule has 0 bridgehead atoms. The highest BCUT2D eigenvalue weighted by molar-refractivity contribution is 7.19. The van der Waals surface area contributed by atoms with Crippen LogP contribution in [0.15, 0.2) is 206 Å². The second-order valence-corrected chi connectivity index (χ2v) is 16.5. The molecule has 0 radical (unpaired) electrons. The highest BCUT2D eigenvalue weighted by Gasteiger charge is 2.43. The van der Waals surface area contributed by atoms with Crippen molar-refractivity contribution in [3.05, 3.63) is 206 Å². The fourth-order valence-corrected chi connectivity index (χ4v) is 12.4. The van der Waals surface area contributed by atoms with E-state index < -0.39 is 8.07 Å². The normalized spacial score (nSPS) is 11.6. The number of nitrogens with zero attached hydrogens (tertiary/aromatic N) is 2. The lowest BCUT2D eigenvalue weighted by Crippen LogP contribution is -2.75. The summed E-state index contributed by atoms with van der Waals surface area (Å²) < 4.78 is 2.37. The first-order chi connectivity index (χ1) is 24.8. The highest BCUT2D eigenvalue weighted by atomic mass is 28.3. The van der Waals surface area contributed by atoms with Crippen LogP contribution in [-0.4, -0.2) is 17.6 Å². The summed E-state index contributed by atoms with van der Waals surface area (Å²) in [6.45, 7) is 0. The summed E-state index contributed by atoms with van der Waals surface area (Å²) in [4.78, 5) is 5.64. The largest absolute Gasteiger partial charge is 0.309 e. The average Bonchev–Trinajstić information content (AvgIpc) is 3.54. The van der Waals surface area contributed by atoms with Crippen LogP contribution in [0, 0.1) is 0 Å². The number of hydrogen-bond donors (Lipinski definition) is 0. The molecule has 9 rings (SSSR count). The molecule has 2 nitrogen and oxygen atoms in total. The summed E-state index contributed by atoms with van der Waals surface area (Å²) in [6, 6.07) is 74.6. The molecule has 0 fully saturated rings. The van der Waals surface area contributed by atoms with Gasteiger partial charge in [-0.15, -0.1) is 0 Å². The quantitative estimate of drug-likeness (QED) is 0.124. The van der Waals surface area contributed by atoms with Gasteiger partial charge in [-0.1, -0.05) is 164 Å². The molecule has 0 spiro atoms. The third-order valence-corrected chi connectivity index (χ3v) is 14.6. The molecular formula is C47H34N2Si. The zero-order valence-electron chi connectivity index (χ0n) is 27.5. The maximum atomic E-state index is 5.64. The summed E-state index contributed by atoms with van der Waals surface area (Å²) in [5, 5.41) is 7.55. The van der Waals surface area contributed by atoms with Crippen LogP contribution in [-0.2, 0) is 0 Å². The van der Waals surface area contributed by atoms with Crippen LogP contribution in [0.2, 0.25) is 0 Å². The van der Waals surface area contributed by atoms with Crippen LogP contribution >= 0.6 is 0 Å². The van der Waals surface area contributed by atoms with E-state index in [2.05, 4.69) is 211 Å². The molecular weight excluding hydrogens is 621 g/mol. The Morgan fingerprint density at radius 1 is 0.380 bits per heavy atom. The molecule has 2 heterocycles. The maximum Gasteiger partial charge on any atom is 0.201 e. The number of para-hydroxylation sites is 2. The molecule has 0 atom stereocenters. The van der Waals surface area contributed by atoms with E-state index in [0.717, 1.165) is 22.3 Å². The van der Waals surface area contributed by atoms with Crippen LogP contribution in [0.4, 0.5) is 0 Å². The van der Waals surface area contributed by atoms with Gasteiger partial charge in [-0.05, 0) is 69.2 Å². The molecule has 2 aromatic heterocycles. The van der Waals surface area contributed by atoms with Gasteiger partial charge in [0.05, 0.1) is 16.7 Å². The third kappa shape index (κ3) is 4.90. The van der Waals surface area contributed by atoms with Gasteiger partial charge in [-0.25, -0.2) is 0 Å². The van der Waals surface area contributed by atoms with E-state index in [4.69, 9.17) is 4.98 Å². The van der Waals surface area contributed by atoms with Crippen molar-refractivity contribution in [3.8, 4) is 28.1 Å². The standard InChI is InChI=1S/C47H34N2Si/c1-5-18-36(19-6-1)49-45-30-16-15-28-42(45)43-34-35(32-33-46(43)49)40-26-13-14-27-41(40)44-29-17-31-47(48-44)50(37-20-7-2-8-21-37,38-22-9-3-10-23-38)39-24-11-4-12-25-39/h1-34H. The molecule has 0 aliphatic rings. The van der Waals surface area contributed by atoms with Gasteiger partial charge in [0.15, 0.2) is 0 Å². The zero-order chi connectivity index (χ0) is 33.3. The lowest BCUT2D eigenvalue weighted by atomic mass is 9.96. The van der Waals surface area contributed by atoms with Crippen molar-refractivity contribution >= 4 is 50.8 Å². The summed E-state index contributed by atoms with van der Waals surface area (Å²) in [6.07, 6.45) is 0. The third-order valence-electron chi connectivity index (χ3n) is 9.95. The topological polar surface area (TPSA) is 17.8 Å². The molecule has 236 valence electrons. The van der Waals surface area contributed by atoms with Gasteiger partial charge in [0.2, 0.25) is 8.07 Å². The summed E-state index contributed by atoms with van der Waals surface area (Å²) >= 11 is 0. The van der Waals surface area contributed by atoms with Crippen molar-refractivity contribution < 1.29 is 0 Å². The number of hydrogen-bond acceptors (Lipinski definition) is 1. The number of pyridine rings is 1. The fraction of sp³-hybridized carbons (Fsp3) is 0. The van der Waals surface area contributed by atoms with E-state index in [1.807, 2.05) is 0 Å². The Kier molecular flexibility index (Phi) is 7.53. The first-order valence-electron chi connectivity index (χ1n) is 17.1. The monoisotopic (exact) mass is 654 g/mol. The molecule has 0 amide bonds. The molecule has 0 aliphatic carbocycles. The number of fused-ring (bicyclic) bond motifs is 3. The Morgan fingerprint density at radius 3 is 1.54 bits per heavy atom. The van der Waals surface area contributed by atoms with Crippen LogP contribution in [0.25, 0.3) is 49.9 Å². The van der Waals surface area contributed by atoms with E-state index in [1.165, 1.54) is 48.5 Å². The van der Waals surface area contributed by atoms with Crippen LogP contribution < -0.4 is 20.9 Å². The van der Waals surface area contributed by atoms with E-state index in [9.17, 15) is 0 Å². The van der Waals surface area contributed by atoms with E-state index in [1.54, 1.807) is 0 Å². The van der Waals surface area contributed by atoms with Gasteiger partial charge in [0, 0.05) is 27.3 Å². The molecule has 0 N–H and O–H groups in total. The predicted molar refractivity (Wildman–Crippen MR) is 213 cm³/mol. The van der Waals surface area contributed by atoms with Crippen molar-refractivity contribution in [2.75, 3.05) is 0 Å². The van der Waals surface area contributed by atoms with Crippen LogP contribution in [0.3, 0.4) is 0 Å². The molecule has 7 aromatic carbocycles. The summed E-state index contributed by atoms with van der Waals surface area (Å²) in [5.74, 6) is 0. The van der Waals surface area contributed by atoms with Gasteiger partial charge >= 0.3 is 0 Å². The van der Waals surface area contributed by atoms with Crippen LogP contribution in [0.1, 0.15) is 0 Å². The number of benzene rings is 7. The van der Waals surface area contributed by atoms with Crippen LogP contribution in [0.5, 0.6) is 0 Å². The highest BCUT2D eigenvalue weighted by Crippen LogP contribution is 2.37. The van der Waals surface area contributed by atoms with E-state index >= 15 is 0 Å². The lowest BCUT2D eigenvalue weighted by Gasteiger charge is -2.33. The first kappa shape index (κ1) is 29.8. The Morgan fingerprint density at radius 2 is 0.900 bits per heavy atom. The predicted octanol–water partition coefficient (Wildman–Crippen LogP) is 8.89. The summed E-state index contributed by atoms with van der Waals surface area (Å²) in [5.41, 5.74) is 8.01. The van der Waals surface area contributed by atoms with Crippen molar-refractivity contribution in [1.82, 2.24) is 9.55 Å². The second-order valence-electron chi connectivity index (χ2n) is 12.7. The smallest absolute Gasteiger partial charge is 0.201 e. The Balaban J connectivity index is 1.25. The van der Waals surface area contributed by atoms with Crippen molar-refractivity contribution in [2.24, 2.45) is 0 Å². The van der Waals surface area contributed by atoms with Gasteiger partial charge in [-0.3, -0.25) is 4.98 Å². The Bertz CT molecular complexity index is 2480. The van der Waals surface area contributed by atoms with Crippen molar-refractivity contribution in [3.63, 3.8) is 0 Å². The van der Waals surface area contributed by atoms with Gasteiger partial charge < -0.3 is 4.57 Å². The van der Waals surface area contributed by atoms with Crippen molar-refractivity contribution in [2.45, 2.75) is 0 Å². The van der Waals surface area contributed by atoms with Gasteiger partial charge in [-0.2, -0.15) is 0 Å². The molecule has 3 heteroatoms. The molecule has 0 saturated heterocycles. The SMILES string of the molecule is c1ccc(-n2c3ccccc3c3cc(-c4ccccc4-c4cccc([Si](c5ccccc5)(c5ccccc5)c5ccccc5)n4)ccc32)cc1. The minimum absolute atomic E-state index is 0.976. The zero-order valence-corrected chi connectivity index (χ0v) is 28.5. The first-order valence-corrected chi connectivity index (χ1v) is 19.1. The lowest BCUT2D eigenvalue weighted by molar-refractivity contribution is 1.18. The van der Waals surface area contributed by atoms with E-state index in [-0.39, 0.29) is 0 Å². The Hall–Kier alpha value is -6.29. The number of rotatable bonds is 7. The maximum absolute atomic E-state index is 5.64. The minimum atomic E-state index is -2.77. The summed E-state index contributed by atoms with van der Waals surface area (Å²) in [7, 11) is -2.77. The molecule has 0 unspecified atom stereocenters. The van der Waals surface area contributed by atoms with E-state index in [0.29, 0.717) is 0 Å². The number of aromatic nitrogens is 2. The fourth-order valence-electron chi connectivity index (χ4n) is 7.76. The Labute approximate surface area is 293 Å². The van der Waals surface area contributed by atoms with Crippen molar-refractivity contribution in [1.29, 1.82) is 0 Å². The molecule has 50 heavy (non-hydrogen) atoms. The van der Waals surface area contributed by atoms with Gasteiger partial charge in [0.1, 0.15) is 0 Å².